The van der Waals surface area contributed by atoms with E-state index in [0.717, 1.165) is 16.6 Å². The van der Waals surface area contributed by atoms with Crippen LogP contribution in [-0.2, 0) is 4.79 Å². The van der Waals surface area contributed by atoms with Gasteiger partial charge >= 0.3 is 0 Å². The molecule has 0 aliphatic rings. The molecule has 0 aliphatic carbocycles. The van der Waals surface area contributed by atoms with Crippen LogP contribution in [0.1, 0.15) is 12.6 Å². The van der Waals surface area contributed by atoms with Gasteiger partial charge in [-0.25, -0.2) is 0 Å². The third kappa shape index (κ3) is 1.99. The van der Waals surface area contributed by atoms with Crippen LogP contribution in [0.5, 0.6) is 0 Å². The summed E-state index contributed by atoms with van der Waals surface area (Å²) in [5, 5.41) is 12.4. The topological polar surface area (TPSA) is 66.6 Å². The summed E-state index contributed by atoms with van der Waals surface area (Å²) in [4.78, 5) is 11.6. The molecule has 0 saturated carbocycles. The number of aromatic nitrogens is 1. The van der Waals surface area contributed by atoms with Crippen LogP contribution in [0, 0.1) is 6.92 Å². The lowest BCUT2D eigenvalue weighted by Crippen LogP contribution is -2.28. The first-order chi connectivity index (χ1) is 8.13. The molecule has 1 amide bonds. The van der Waals surface area contributed by atoms with E-state index in [-0.39, 0.29) is 5.71 Å². The number of nitrogens with one attached hydrogen (secondary N) is 1. The maximum Gasteiger partial charge on any atom is 0.287 e. The molecule has 0 radical (unpaired) electrons. The van der Waals surface area contributed by atoms with E-state index < -0.39 is 5.91 Å². The molecule has 5 nitrogen and oxygen atoms in total. The lowest BCUT2D eigenvalue weighted by molar-refractivity contribution is -0.111. The van der Waals surface area contributed by atoms with Crippen LogP contribution < -0.4 is 5.43 Å². The van der Waals surface area contributed by atoms with Crippen molar-refractivity contribution in [1.82, 2.24) is 4.68 Å². The van der Waals surface area contributed by atoms with Crippen molar-refractivity contribution in [2.24, 2.45) is 5.16 Å². The molecule has 0 fully saturated rings. The normalized spacial score (nSPS) is 11.8. The largest absolute Gasteiger partial charge is 0.410 e. The Hall–Kier alpha value is -2.30. The molecule has 0 unspecified atom stereocenters. The molecule has 0 atom stereocenters. The third-order valence-electron chi connectivity index (χ3n) is 2.59. The van der Waals surface area contributed by atoms with Crippen molar-refractivity contribution >= 4 is 22.5 Å². The van der Waals surface area contributed by atoms with Crippen LogP contribution in [0.4, 0.5) is 0 Å². The zero-order valence-electron chi connectivity index (χ0n) is 9.64. The monoisotopic (exact) mass is 231 g/mol. The van der Waals surface area contributed by atoms with Crippen molar-refractivity contribution in [2.45, 2.75) is 13.8 Å². The fraction of sp³-hybridized carbons (Fsp3) is 0.167. The first-order valence-corrected chi connectivity index (χ1v) is 5.20. The third-order valence-corrected chi connectivity index (χ3v) is 2.59. The van der Waals surface area contributed by atoms with Gasteiger partial charge in [-0.1, -0.05) is 23.4 Å². The lowest BCUT2D eigenvalue weighted by atomic mass is 10.2. The van der Waals surface area contributed by atoms with Gasteiger partial charge in [0, 0.05) is 11.1 Å². The van der Waals surface area contributed by atoms with Gasteiger partial charge < -0.3 is 5.21 Å². The second-order valence-electron chi connectivity index (χ2n) is 3.81. The number of hydrogen-bond acceptors (Lipinski definition) is 3. The highest BCUT2D eigenvalue weighted by molar-refractivity contribution is 6.40. The van der Waals surface area contributed by atoms with Gasteiger partial charge in [0.15, 0.2) is 0 Å². The molecule has 1 aromatic heterocycles. The molecule has 88 valence electrons. The number of amides is 1. The predicted octanol–water partition coefficient (Wildman–Crippen LogP) is 1.87. The molecule has 0 spiro atoms. The average molecular weight is 231 g/mol. The Morgan fingerprint density at radius 1 is 1.41 bits per heavy atom. The van der Waals surface area contributed by atoms with E-state index in [1.807, 2.05) is 37.3 Å². The number of nitrogens with zero attached hydrogens (tertiary/aromatic N) is 2. The molecule has 1 heterocycles. The van der Waals surface area contributed by atoms with Crippen molar-refractivity contribution in [3.8, 4) is 0 Å². The van der Waals surface area contributed by atoms with Gasteiger partial charge in [-0.2, -0.15) is 0 Å². The Kier molecular flexibility index (Phi) is 2.82. The zero-order chi connectivity index (χ0) is 12.4. The van der Waals surface area contributed by atoms with E-state index in [2.05, 4.69) is 10.6 Å². The minimum Gasteiger partial charge on any atom is -0.410 e. The quantitative estimate of drug-likeness (QED) is 0.470. The molecule has 2 rings (SSSR count). The lowest BCUT2D eigenvalue weighted by Gasteiger charge is -2.09. The summed E-state index contributed by atoms with van der Waals surface area (Å²) in [5.74, 6) is -0.433. The number of benzene rings is 1. The molecule has 2 N–H and O–H groups in total. The standard InChI is InChI=1S/C12H13N3O2/c1-8-7-10-5-3-4-6-11(10)15(8)13-12(16)9(2)14-17/h3-7,17H,1-2H3,(H,13,16)/b14-9-. The van der Waals surface area contributed by atoms with Crippen molar-refractivity contribution in [3.63, 3.8) is 0 Å². The van der Waals surface area contributed by atoms with Gasteiger partial charge in [-0.15, -0.1) is 0 Å². The van der Waals surface area contributed by atoms with E-state index in [1.54, 1.807) is 4.68 Å². The van der Waals surface area contributed by atoms with Crippen LogP contribution in [0.2, 0.25) is 0 Å². The Morgan fingerprint density at radius 3 is 2.82 bits per heavy atom. The molecule has 5 heteroatoms. The summed E-state index contributed by atoms with van der Waals surface area (Å²) in [5.41, 5.74) is 4.50. The van der Waals surface area contributed by atoms with Gasteiger partial charge in [0.2, 0.25) is 0 Å². The Bertz CT molecular complexity index is 599. The van der Waals surface area contributed by atoms with Crippen LogP contribution in [-0.4, -0.2) is 21.5 Å². The van der Waals surface area contributed by atoms with Gasteiger partial charge in [0.1, 0.15) is 5.71 Å². The number of para-hydroxylation sites is 1. The van der Waals surface area contributed by atoms with Crippen LogP contribution in [0.15, 0.2) is 35.5 Å². The maximum atomic E-state index is 11.6. The molecule has 0 aliphatic heterocycles. The first kappa shape index (κ1) is 11.2. The molecular formula is C12H13N3O2. The van der Waals surface area contributed by atoms with Gasteiger partial charge in [-0.05, 0) is 26.0 Å². The minimum atomic E-state index is -0.433. The molecule has 0 bridgehead atoms. The van der Waals surface area contributed by atoms with E-state index in [1.165, 1.54) is 6.92 Å². The summed E-state index contributed by atoms with van der Waals surface area (Å²) in [6, 6.07) is 9.69. The minimum absolute atomic E-state index is 0.0159. The SMILES string of the molecule is C/C(=N/O)C(=O)Nn1c(C)cc2ccccc21. The fourth-order valence-electron chi connectivity index (χ4n) is 1.67. The number of carbonyl (C=O) groups is 1. The molecule has 1 aromatic carbocycles. The summed E-state index contributed by atoms with van der Waals surface area (Å²) in [6.45, 7) is 3.34. The Balaban J connectivity index is 2.42. The second kappa shape index (κ2) is 4.29. The number of rotatable bonds is 2. The van der Waals surface area contributed by atoms with Gasteiger partial charge in [0.25, 0.3) is 5.91 Å². The van der Waals surface area contributed by atoms with Gasteiger partial charge in [-0.3, -0.25) is 14.9 Å². The Morgan fingerprint density at radius 2 is 2.12 bits per heavy atom. The average Bonchev–Trinajstić information content (AvgIpc) is 2.65. The highest BCUT2D eigenvalue weighted by atomic mass is 16.4. The second-order valence-corrected chi connectivity index (χ2v) is 3.81. The summed E-state index contributed by atoms with van der Waals surface area (Å²) in [7, 11) is 0. The van der Waals surface area contributed by atoms with Crippen molar-refractivity contribution in [2.75, 3.05) is 5.43 Å². The van der Waals surface area contributed by atoms with E-state index in [9.17, 15) is 4.79 Å². The highest BCUT2D eigenvalue weighted by Gasteiger charge is 2.10. The van der Waals surface area contributed by atoms with Gasteiger partial charge in [0.05, 0.1) is 5.52 Å². The molecule has 17 heavy (non-hydrogen) atoms. The molecule has 2 aromatic rings. The van der Waals surface area contributed by atoms with E-state index in [0.29, 0.717) is 0 Å². The van der Waals surface area contributed by atoms with Crippen LogP contribution in [0.25, 0.3) is 10.9 Å². The number of aryl methyl sites for hydroxylation is 1. The Labute approximate surface area is 98.3 Å². The van der Waals surface area contributed by atoms with E-state index in [4.69, 9.17) is 5.21 Å². The summed E-state index contributed by atoms with van der Waals surface area (Å²) in [6.07, 6.45) is 0. The van der Waals surface area contributed by atoms with Crippen LogP contribution in [0.3, 0.4) is 0 Å². The van der Waals surface area contributed by atoms with Crippen LogP contribution >= 0.6 is 0 Å². The van der Waals surface area contributed by atoms with E-state index >= 15 is 0 Å². The molecular weight excluding hydrogens is 218 g/mol. The fourth-order valence-corrected chi connectivity index (χ4v) is 1.67. The smallest absolute Gasteiger partial charge is 0.287 e. The number of oxime groups is 1. The highest BCUT2D eigenvalue weighted by Crippen LogP contribution is 2.17. The number of fused-ring (bicyclic) bond motifs is 1. The molecule has 0 saturated heterocycles. The number of hydrogen-bond donors (Lipinski definition) is 2. The zero-order valence-corrected chi connectivity index (χ0v) is 9.64. The first-order valence-electron chi connectivity index (χ1n) is 5.20. The summed E-state index contributed by atoms with van der Waals surface area (Å²) < 4.78 is 1.67. The summed E-state index contributed by atoms with van der Waals surface area (Å²) >= 11 is 0. The predicted molar refractivity (Wildman–Crippen MR) is 65.9 cm³/mol. The maximum absolute atomic E-state index is 11.6. The van der Waals surface area contributed by atoms with Crippen molar-refractivity contribution in [3.05, 3.63) is 36.0 Å². The number of carbonyl (C=O) groups excluding carboxylic acids is 1. The van der Waals surface area contributed by atoms with Crippen molar-refractivity contribution < 1.29 is 10.0 Å². The van der Waals surface area contributed by atoms with Crippen molar-refractivity contribution in [1.29, 1.82) is 0 Å².